The van der Waals surface area contributed by atoms with Crippen molar-refractivity contribution in [3.05, 3.63) is 59.2 Å². The maximum atomic E-state index is 12.3. The molecule has 0 amide bonds. The number of ether oxygens (including phenoxy) is 4. The molecule has 0 aromatic heterocycles. The van der Waals surface area contributed by atoms with Crippen LogP contribution in [0.5, 0.6) is 17.2 Å². The number of esters is 1. The van der Waals surface area contributed by atoms with Gasteiger partial charge in [0.2, 0.25) is 0 Å². The van der Waals surface area contributed by atoms with E-state index in [4.69, 9.17) is 14.2 Å². The van der Waals surface area contributed by atoms with E-state index in [0.717, 1.165) is 0 Å². The molecule has 0 saturated heterocycles. The van der Waals surface area contributed by atoms with Crippen LogP contribution in [0.25, 0.3) is 6.08 Å². The summed E-state index contributed by atoms with van der Waals surface area (Å²) < 4.78 is 44.2. The van der Waals surface area contributed by atoms with Gasteiger partial charge in [-0.15, -0.1) is 0 Å². The first-order valence-corrected chi connectivity index (χ1v) is 8.01. The monoisotopic (exact) mass is 389 g/mol. The number of carbonyl (C=O) groups is 1. The van der Waals surface area contributed by atoms with Gasteiger partial charge in [-0.25, -0.2) is 4.79 Å². The van der Waals surface area contributed by atoms with Crippen molar-refractivity contribution in [2.45, 2.75) is 13.2 Å². The summed E-state index contributed by atoms with van der Waals surface area (Å²) in [6.07, 6.45) is 1.39. The molecule has 0 aliphatic heterocycles. The number of methoxy groups -OCH3 is 2. The second-order valence-electron chi connectivity index (χ2n) is 5.38. The highest BCUT2D eigenvalue weighted by Crippen LogP contribution is 2.29. The van der Waals surface area contributed by atoms with Crippen LogP contribution in [0, 0.1) is 11.3 Å². The van der Waals surface area contributed by atoms with E-state index >= 15 is 0 Å². The van der Waals surface area contributed by atoms with Crippen LogP contribution < -0.4 is 14.2 Å². The van der Waals surface area contributed by atoms with Crippen LogP contribution in [0.4, 0.5) is 8.78 Å². The van der Waals surface area contributed by atoms with E-state index in [1.54, 1.807) is 30.3 Å². The minimum Gasteiger partial charge on any atom is -0.497 e. The molecule has 28 heavy (non-hydrogen) atoms. The van der Waals surface area contributed by atoms with Crippen molar-refractivity contribution in [1.29, 1.82) is 5.26 Å². The number of halogens is 2. The van der Waals surface area contributed by atoms with Crippen molar-refractivity contribution in [1.82, 2.24) is 0 Å². The summed E-state index contributed by atoms with van der Waals surface area (Å²) in [6.45, 7) is -3.16. The molecule has 0 atom stereocenters. The van der Waals surface area contributed by atoms with Crippen LogP contribution in [-0.4, -0.2) is 26.8 Å². The predicted molar refractivity (Wildman–Crippen MR) is 96.0 cm³/mol. The highest BCUT2D eigenvalue weighted by molar-refractivity contribution is 5.97. The second-order valence-corrected chi connectivity index (χ2v) is 5.38. The average Bonchev–Trinajstić information content (AvgIpc) is 2.71. The molecular weight excluding hydrogens is 372 g/mol. The Morgan fingerprint density at radius 3 is 2.39 bits per heavy atom. The van der Waals surface area contributed by atoms with Gasteiger partial charge in [0.25, 0.3) is 0 Å². The van der Waals surface area contributed by atoms with Crippen molar-refractivity contribution >= 4 is 12.0 Å². The highest BCUT2D eigenvalue weighted by atomic mass is 19.3. The SMILES string of the molecule is COc1ccc(/C=C(\C#N)C(=O)OCc2ccc(OC(F)F)c(OC)c2)cc1. The molecule has 0 spiro atoms. The molecule has 0 bridgehead atoms. The van der Waals surface area contributed by atoms with Gasteiger partial charge in [0.1, 0.15) is 24.0 Å². The second kappa shape index (κ2) is 9.92. The third-order valence-corrected chi connectivity index (χ3v) is 3.58. The van der Waals surface area contributed by atoms with E-state index in [0.29, 0.717) is 16.9 Å². The molecule has 8 heteroatoms. The molecule has 2 aromatic rings. The van der Waals surface area contributed by atoms with Crippen LogP contribution in [0.1, 0.15) is 11.1 Å². The first-order valence-electron chi connectivity index (χ1n) is 8.01. The maximum Gasteiger partial charge on any atom is 0.387 e. The minimum atomic E-state index is -2.99. The fraction of sp³-hybridized carbons (Fsp3) is 0.200. The summed E-state index contributed by atoms with van der Waals surface area (Å²) in [6, 6.07) is 12.7. The largest absolute Gasteiger partial charge is 0.497 e. The van der Waals surface area contributed by atoms with Gasteiger partial charge in [-0.1, -0.05) is 18.2 Å². The molecular formula is C20H17F2NO5. The summed E-state index contributed by atoms with van der Waals surface area (Å²) in [4.78, 5) is 12.1. The fourth-order valence-electron chi connectivity index (χ4n) is 2.23. The molecule has 0 aliphatic carbocycles. The van der Waals surface area contributed by atoms with Crippen LogP contribution in [0.2, 0.25) is 0 Å². The molecule has 146 valence electrons. The lowest BCUT2D eigenvalue weighted by Gasteiger charge is -2.11. The van der Waals surface area contributed by atoms with Gasteiger partial charge in [-0.05, 0) is 41.5 Å². The first kappa shape index (κ1) is 20.7. The number of nitriles is 1. The summed E-state index contributed by atoms with van der Waals surface area (Å²) in [5.41, 5.74) is 0.924. The van der Waals surface area contributed by atoms with E-state index < -0.39 is 12.6 Å². The summed E-state index contributed by atoms with van der Waals surface area (Å²) >= 11 is 0. The van der Waals surface area contributed by atoms with Crippen molar-refractivity contribution in [3.8, 4) is 23.3 Å². The fourth-order valence-corrected chi connectivity index (χ4v) is 2.23. The first-order chi connectivity index (χ1) is 13.5. The van der Waals surface area contributed by atoms with Crippen LogP contribution in [-0.2, 0) is 16.1 Å². The molecule has 0 heterocycles. The van der Waals surface area contributed by atoms with Gasteiger partial charge < -0.3 is 18.9 Å². The topological polar surface area (TPSA) is 77.8 Å². The third-order valence-electron chi connectivity index (χ3n) is 3.58. The Morgan fingerprint density at radius 1 is 1.11 bits per heavy atom. The number of hydrogen-bond acceptors (Lipinski definition) is 6. The number of benzene rings is 2. The van der Waals surface area contributed by atoms with Crippen LogP contribution >= 0.6 is 0 Å². The van der Waals surface area contributed by atoms with Gasteiger partial charge >= 0.3 is 12.6 Å². The van der Waals surface area contributed by atoms with Crippen molar-refractivity contribution < 1.29 is 32.5 Å². The van der Waals surface area contributed by atoms with Gasteiger partial charge in [0, 0.05) is 0 Å². The van der Waals surface area contributed by atoms with Crippen molar-refractivity contribution in [3.63, 3.8) is 0 Å². The molecule has 0 aliphatic rings. The lowest BCUT2D eigenvalue weighted by Crippen LogP contribution is -2.07. The van der Waals surface area contributed by atoms with E-state index in [1.165, 1.54) is 38.5 Å². The number of carbonyl (C=O) groups excluding carboxylic acids is 1. The highest BCUT2D eigenvalue weighted by Gasteiger charge is 2.14. The van der Waals surface area contributed by atoms with Crippen molar-refractivity contribution in [2.75, 3.05) is 14.2 Å². The predicted octanol–water partition coefficient (Wildman–Crippen LogP) is 3.96. The zero-order valence-corrected chi connectivity index (χ0v) is 15.1. The lowest BCUT2D eigenvalue weighted by atomic mass is 10.1. The summed E-state index contributed by atoms with van der Waals surface area (Å²) in [7, 11) is 2.83. The standard InChI is InChI=1S/C20H17F2NO5/c1-25-16-6-3-13(4-7-16)9-15(11-23)19(24)27-12-14-5-8-17(28-20(21)22)18(10-14)26-2/h3-10,20H,12H2,1-2H3/b15-9+. The Labute approximate surface area is 160 Å². The van der Waals surface area contributed by atoms with Gasteiger partial charge in [0.15, 0.2) is 11.5 Å². The number of hydrogen-bond donors (Lipinski definition) is 0. The normalized spacial score (nSPS) is 10.9. The van der Waals surface area contributed by atoms with E-state index in [-0.39, 0.29) is 23.7 Å². The van der Waals surface area contributed by atoms with Gasteiger partial charge in [-0.2, -0.15) is 14.0 Å². The molecule has 0 radical (unpaired) electrons. The smallest absolute Gasteiger partial charge is 0.387 e. The Balaban J connectivity index is 2.06. The minimum absolute atomic E-state index is 0.0723. The number of alkyl halides is 2. The molecule has 0 saturated carbocycles. The molecule has 0 unspecified atom stereocenters. The van der Waals surface area contributed by atoms with Crippen molar-refractivity contribution in [2.24, 2.45) is 0 Å². The number of rotatable bonds is 8. The van der Waals surface area contributed by atoms with E-state index in [1.807, 2.05) is 0 Å². The maximum absolute atomic E-state index is 12.3. The lowest BCUT2D eigenvalue weighted by molar-refractivity contribution is -0.139. The molecule has 0 N–H and O–H groups in total. The zero-order chi connectivity index (χ0) is 20.5. The van der Waals surface area contributed by atoms with Crippen LogP contribution in [0.15, 0.2) is 48.0 Å². The average molecular weight is 389 g/mol. The third kappa shape index (κ3) is 5.71. The zero-order valence-electron chi connectivity index (χ0n) is 15.1. The Bertz CT molecular complexity index is 888. The van der Waals surface area contributed by atoms with E-state index in [9.17, 15) is 18.8 Å². The van der Waals surface area contributed by atoms with Crippen LogP contribution in [0.3, 0.4) is 0 Å². The summed E-state index contributed by atoms with van der Waals surface area (Å²) in [5.74, 6) is -0.232. The van der Waals surface area contributed by atoms with Gasteiger partial charge in [-0.3, -0.25) is 0 Å². The number of nitrogens with zero attached hydrogens (tertiary/aromatic N) is 1. The quantitative estimate of drug-likeness (QED) is 0.386. The summed E-state index contributed by atoms with van der Waals surface area (Å²) in [5, 5.41) is 9.21. The Kier molecular flexibility index (Phi) is 7.34. The molecule has 2 rings (SSSR count). The molecule has 2 aromatic carbocycles. The Hall–Kier alpha value is -3.60. The van der Waals surface area contributed by atoms with E-state index in [2.05, 4.69) is 4.74 Å². The molecule has 0 fully saturated rings. The van der Waals surface area contributed by atoms with Gasteiger partial charge in [0.05, 0.1) is 14.2 Å². The Morgan fingerprint density at radius 2 is 1.82 bits per heavy atom. The molecule has 6 nitrogen and oxygen atoms in total.